The fraction of sp³-hybridized carbons (Fsp3) is 0.286. The molecule has 6 nitrogen and oxygen atoms in total. The molecule has 6 heteroatoms. The molecule has 1 saturated carbocycles. The van der Waals surface area contributed by atoms with Gasteiger partial charge in [0.25, 0.3) is 16.4 Å². The molecule has 138 valence electrons. The molecule has 0 amide bonds. The minimum atomic E-state index is -0.562. The number of hydrogen-bond acceptors (Lipinski definition) is 5. The first-order valence-corrected chi connectivity index (χ1v) is 9.13. The second-order valence-corrected chi connectivity index (χ2v) is 7.04. The molecule has 1 fully saturated rings. The number of anilines is 3. The summed E-state index contributed by atoms with van der Waals surface area (Å²) in [6.45, 7) is 0.567. The van der Waals surface area contributed by atoms with Gasteiger partial charge in [0.1, 0.15) is 17.1 Å². The Bertz CT molecular complexity index is 1090. The summed E-state index contributed by atoms with van der Waals surface area (Å²) in [5, 5.41) is 2.92. The van der Waals surface area contributed by atoms with Crippen LogP contribution in [0.1, 0.15) is 24.8 Å². The number of nitrogens with zero attached hydrogens (tertiary/aromatic N) is 2. The van der Waals surface area contributed by atoms with E-state index in [1.807, 2.05) is 35.2 Å². The number of pyridine rings is 1. The maximum atomic E-state index is 12.4. The zero-order chi connectivity index (χ0) is 19.0. The Morgan fingerprint density at radius 3 is 2.44 bits per heavy atom. The lowest BCUT2D eigenvalue weighted by molar-refractivity contribution is 0.383. The third-order valence-electron chi connectivity index (χ3n) is 5.27. The van der Waals surface area contributed by atoms with Crippen LogP contribution in [0.25, 0.3) is 0 Å². The third-order valence-corrected chi connectivity index (χ3v) is 5.27. The predicted molar refractivity (Wildman–Crippen MR) is 107 cm³/mol. The molecule has 0 bridgehead atoms. The van der Waals surface area contributed by atoms with Gasteiger partial charge >= 0.3 is 0 Å². The van der Waals surface area contributed by atoms with Gasteiger partial charge in [0.2, 0.25) is 0 Å². The van der Waals surface area contributed by atoms with E-state index in [1.54, 1.807) is 25.4 Å². The Kier molecular flexibility index (Phi) is 4.39. The number of aryl methyl sites for hydroxylation is 1. The number of nitrogens with one attached hydrogen (secondary N) is 1. The molecule has 1 aliphatic rings. The van der Waals surface area contributed by atoms with Gasteiger partial charge in [-0.3, -0.25) is 14.4 Å². The van der Waals surface area contributed by atoms with Gasteiger partial charge in [0.05, 0.1) is 0 Å². The average molecular weight is 363 g/mol. The highest BCUT2D eigenvalue weighted by Crippen LogP contribution is 2.33. The number of hydrogen-bond donors (Lipinski definition) is 1. The summed E-state index contributed by atoms with van der Waals surface area (Å²) in [7, 11) is 1.65. The number of benzene rings is 1. The maximum Gasteiger partial charge on any atom is 0.273 e. The Labute approximate surface area is 156 Å². The van der Waals surface area contributed by atoms with Crippen LogP contribution in [0.3, 0.4) is 0 Å². The third kappa shape index (κ3) is 3.07. The molecule has 1 aliphatic carbocycles. The predicted octanol–water partition coefficient (Wildman–Crippen LogP) is 2.28. The fourth-order valence-electron chi connectivity index (χ4n) is 3.47. The lowest BCUT2D eigenvalue weighted by Gasteiger charge is -2.40. The number of rotatable bonds is 6. The van der Waals surface area contributed by atoms with Crippen LogP contribution in [0.4, 0.5) is 17.1 Å². The summed E-state index contributed by atoms with van der Waals surface area (Å²) in [5.74, 6) is 0. The van der Waals surface area contributed by atoms with Crippen LogP contribution in [0.2, 0.25) is 0 Å². The topological polar surface area (TPSA) is 71.4 Å². The second kappa shape index (κ2) is 6.87. The van der Waals surface area contributed by atoms with Crippen LogP contribution in [-0.2, 0) is 13.6 Å². The Morgan fingerprint density at radius 2 is 1.78 bits per heavy atom. The molecule has 1 heterocycles. The van der Waals surface area contributed by atoms with Gasteiger partial charge in [-0.25, -0.2) is 0 Å². The molecule has 0 unspecified atom stereocenters. The molecular weight excluding hydrogens is 342 g/mol. The van der Waals surface area contributed by atoms with E-state index in [4.69, 9.17) is 0 Å². The van der Waals surface area contributed by atoms with Gasteiger partial charge in [0, 0.05) is 25.8 Å². The van der Waals surface area contributed by atoms with Gasteiger partial charge < -0.3 is 14.8 Å². The van der Waals surface area contributed by atoms with Crippen LogP contribution < -0.4 is 26.6 Å². The van der Waals surface area contributed by atoms with E-state index in [9.17, 15) is 14.4 Å². The smallest absolute Gasteiger partial charge is 0.273 e. The summed E-state index contributed by atoms with van der Waals surface area (Å²) in [4.78, 5) is 39.0. The van der Waals surface area contributed by atoms with E-state index in [1.165, 1.54) is 4.57 Å². The van der Waals surface area contributed by atoms with Gasteiger partial charge in [-0.1, -0.05) is 30.3 Å². The van der Waals surface area contributed by atoms with Crippen molar-refractivity contribution in [2.24, 2.45) is 7.05 Å². The number of aromatic nitrogens is 1. The molecule has 0 radical (unpaired) electrons. The zero-order valence-corrected chi connectivity index (χ0v) is 15.1. The summed E-state index contributed by atoms with van der Waals surface area (Å²) in [5.41, 5.74) is 0.724. The highest BCUT2D eigenvalue weighted by molar-refractivity contribution is 5.79. The normalized spacial score (nSPS) is 14.1. The monoisotopic (exact) mass is 363 g/mol. The largest absolute Gasteiger partial charge is 0.359 e. The van der Waals surface area contributed by atoms with Crippen molar-refractivity contribution in [1.29, 1.82) is 0 Å². The summed E-state index contributed by atoms with van der Waals surface area (Å²) >= 11 is 0. The van der Waals surface area contributed by atoms with Gasteiger partial charge in [-0.15, -0.1) is 0 Å². The van der Waals surface area contributed by atoms with E-state index in [0.717, 1.165) is 24.8 Å². The minimum absolute atomic E-state index is 0.228. The van der Waals surface area contributed by atoms with E-state index >= 15 is 0 Å². The molecule has 1 N–H and O–H groups in total. The Hall–Kier alpha value is -3.15. The highest BCUT2D eigenvalue weighted by atomic mass is 16.2. The second-order valence-electron chi connectivity index (χ2n) is 7.04. The SMILES string of the molecule is Cn1cccc(Nc2c(N(Cc3ccccc3)C3CCC3)c(=O)c2=O)c1=O. The van der Waals surface area contributed by atoms with E-state index in [-0.39, 0.29) is 17.3 Å². The summed E-state index contributed by atoms with van der Waals surface area (Å²) < 4.78 is 1.43. The Morgan fingerprint density at radius 1 is 1.04 bits per heavy atom. The quantitative estimate of drug-likeness (QED) is 0.681. The average Bonchev–Trinajstić information content (AvgIpc) is 2.63. The van der Waals surface area contributed by atoms with Crippen LogP contribution in [-0.4, -0.2) is 10.6 Å². The molecular formula is C21H21N3O3. The molecule has 3 aromatic rings. The van der Waals surface area contributed by atoms with Crippen molar-refractivity contribution in [2.75, 3.05) is 10.2 Å². The molecule has 27 heavy (non-hydrogen) atoms. The van der Waals surface area contributed by atoms with Crippen molar-refractivity contribution in [3.05, 3.63) is 85.0 Å². The fourth-order valence-corrected chi connectivity index (χ4v) is 3.47. The van der Waals surface area contributed by atoms with Crippen molar-refractivity contribution < 1.29 is 0 Å². The zero-order valence-electron chi connectivity index (χ0n) is 15.1. The Balaban J connectivity index is 1.70. The lowest BCUT2D eigenvalue weighted by atomic mass is 9.90. The molecule has 0 atom stereocenters. The van der Waals surface area contributed by atoms with Crippen molar-refractivity contribution >= 4 is 17.1 Å². The summed E-state index contributed by atoms with van der Waals surface area (Å²) in [6.07, 6.45) is 4.76. The maximum absolute atomic E-state index is 12.4. The van der Waals surface area contributed by atoms with E-state index < -0.39 is 10.9 Å². The standard InChI is InChI=1S/C21H21N3O3/c1-23-12-6-11-16(21(23)27)22-17-18(20(26)19(17)25)24(15-9-5-10-15)13-14-7-3-2-4-8-14/h2-4,6-8,11-12,15,22H,5,9-10,13H2,1H3. The van der Waals surface area contributed by atoms with Gasteiger partial charge in [-0.2, -0.15) is 0 Å². The van der Waals surface area contributed by atoms with Gasteiger partial charge in [-0.05, 0) is 37.0 Å². The first-order chi connectivity index (χ1) is 13.1. The lowest BCUT2D eigenvalue weighted by Crippen LogP contribution is -2.48. The van der Waals surface area contributed by atoms with Gasteiger partial charge in [0.15, 0.2) is 0 Å². The van der Waals surface area contributed by atoms with Crippen LogP contribution in [0.5, 0.6) is 0 Å². The highest BCUT2D eigenvalue weighted by Gasteiger charge is 2.33. The van der Waals surface area contributed by atoms with Crippen LogP contribution in [0, 0.1) is 0 Å². The van der Waals surface area contributed by atoms with E-state index in [0.29, 0.717) is 17.9 Å². The van der Waals surface area contributed by atoms with Crippen molar-refractivity contribution in [3.8, 4) is 0 Å². The molecule has 0 spiro atoms. The van der Waals surface area contributed by atoms with Crippen molar-refractivity contribution in [3.63, 3.8) is 0 Å². The molecule has 0 saturated heterocycles. The first kappa shape index (κ1) is 17.3. The minimum Gasteiger partial charge on any atom is -0.359 e. The molecule has 0 aliphatic heterocycles. The molecule has 4 rings (SSSR count). The van der Waals surface area contributed by atoms with E-state index in [2.05, 4.69) is 5.32 Å². The van der Waals surface area contributed by atoms with Crippen LogP contribution >= 0.6 is 0 Å². The van der Waals surface area contributed by atoms with Crippen molar-refractivity contribution in [1.82, 2.24) is 4.57 Å². The molecule has 2 aromatic carbocycles. The summed E-state index contributed by atoms with van der Waals surface area (Å²) in [6, 6.07) is 13.5. The van der Waals surface area contributed by atoms with Crippen LogP contribution in [0.15, 0.2) is 63.0 Å². The first-order valence-electron chi connectivity index (χ1n) is 9.13. The van der Waals surface area contributed by atoms with Crippen molar-refractivity contribution in [2.45, 2.75) is 31.8 Å². The molecule has 1 aromatic heterocycles.